The van der Waals surface area contributed by atoms with Crippen molar-refractivity contribution >= 4 is 5.97 Å². The molecule has 0 saturated heterocycles. The van der Waals surface area contributed by atoms with E-state index in [1.807, 2.05) is 0 Å². The summed E-state index contributed by atoms with van der Waals surface area (Å²) in [5.74, 6) is 0.621. The molecular formula is C14H22O2. The Kier molecular flexibility index (Phi) is 2.64. The number of carbonyl (C=O) groups is 1. The number of hydrogen-bond acceptors (Lipinski definition) is 2. The molecule has 16 heavy (non-hydrogen) atoms. The topological polar surface area (TPSA) is 26.3 Å². The highest BCUT2D eigenvalue weighted by Crippen LogP contribution is 2.58. The van der Waals surface area contributed by atoms with E-state index < -0.39 is 0 Å². The van der Waals surface area contributed by atoms with Crippen molar-refractivity contribution in [2.75, 3.05) is 7.11 Å². The molecule has 0 spiro atoms. The molecule has 3 unspecified atom stereocenters. The third kappa shape index (κ3) is 1.50. The summed E-state index contributed by atoms with van der Waals surface area (Å²) in [6.45, 7) is 6.70. The summed E-state index contributed by atoms with van der Waals surface area (Å²) in [6, 6.07) is 0. The number of rotatable bonds is 2. The summed E-state index contributed by atoms with van der Waals surface area (Å²) < 4.78 is 4.96. The first kappa shape index (κ1) is 11.7. The minimum Gasteiger partial charge on any atom is -0.469 e. The van der Waals surface area contributed by atoms with Crippen LogP contribution in [0, 0.1) is 22.7 Å². The largest absolute Gasteiger partial charge is 0.469 e. The molecule has 3 rings (SSSR count). The molecule has 0 N–H and O–H groups in total. The number of esters is 1. The molecule has 0 heterocycles. The third-order valence-corrected chi connectivity index (χ3v) is 4.94. The van der Waals surface area contributed by atoms with Gasteiger partial charge in [0, 0.05) is 0 Å². The Morgan fingerprint density at radius 2 is 2.06 bits per heavy atom. The molecule has 1 fully saturated rings. The van der Waals surface area contributed by atoms with Crippen molar-refractivity contribution in [3.63, 3.8) is 0 Å². The fraction of sp³-hybridized carbons (Fsp3) is 0.786. The van der Waals surface area contributed by atoms with Crippen LogP contribution in [0.3, 0.4) is 0 Å². The first-order valence-electron chi connectivity index (χ1n) is 6.22. The number of methoxy groups -OCH3 is 1. The number of ether oxygens (including phenoxy) is 1. The maximum atomic E-state index is 11.9. The maximum Gasteiger partial charge on any atom is 0.309 e. The van der Waals surface area contributed by atoms with Crippen LogP contribution >= 0.6 is 0 Å². The Morgan fingerprint density at radius 1 is 1.38 bits per heavy atom. The summed E-state index contributed by atoms with van der Waals surface area (Å²) in [7, 11) is 1.50. The first-order valence-corrected chi connectivity index (χ1v) is 6.22. The van der Waals surface area contributed by atoms with Crippen molar-refractivity contribution in [2.45, 2.75) is 40.0 Å². The van der Waals surface area contributed by atoms with Crippen LogP contribution < -0.4 is 0 Å². The Morgan fingerprint density at radius 3 is 2.50 bits per heavy atom. The molecule has 3 atom stereocenters. The number of allylic oxidation sites excluding steroid dienone is 2. The molecular weight excluding hydrogens is 200 g/mol. The highest BCUT2D eigenvalue weighted by atomic mass is 16.5. The summed E-state index contributed by atoms with van der Waals surface area (Å²) in [4.78, 5) is 11.9. The molecule has 0 aromatic heterocycles. The second-order valence-electron chi connectivity index (χ2n) is 6.01. The lowest BCUT2D eigenvalue weighted by Crippen LogP contribution is -2.48. The summed E-state index contributed by atoms with van der Waals surface area (Å²) >= 11 is 0. The summed E-state index contributed by atoms with van der Waals surface area (Å²) in [5.41, 5.74) is 0.264. The molecule has 0 aliphatic heterocycles. The lowest BCUT2D eigenvalue weighted by atomic mass is 9.51. The van der Waals surface area contributed by atoms with E-state index >= 15 is 0 Å². The van der Waals surface area contributed by atoms with Crippen LogP contribution in [0.4, 0.5) is 0 Å². The van der Waals surface area contributed by atoms with Gasteiger partial charge in [-0.05, 0) is 36.0 Å². The van der Waals surface area contributed by atoms with Crippen LogP contribution in [-0.2, 0) is 9.53 Å². The zero-order valence-corrected chi connectivity index (χ0v) is 10.7. The quantitative estimate of drug-likeness (QED) is 0.530. The Hall–Kier alpha value is -0.790. The van der Waals surface area contributed by atoms with Crippen LogP contribution in [-0.4, -0.2) is 13.1 Å². The SMILES string of the molecule is COC(=O)C1CC2(C(C)C)C=CC1(C)CC2. The minimum atomic E-state index is -0.0309. The van der Waals surface area contributed by atoms with Gasteiger partial charge in [0.2, 0.25) is 0 Å². The first-order chi connectivity index (χ1) is 7.43. The van der Waals surface area contributed by atoms with E-state index in [-0.39, 0.29) is 22.7 Å². The van der Waals surface area contributed by atoms with E-state index in [1.54, 1.807) is 0 Å². The average molecular weight is 222 g/mol. The molecule has 0 aromatic carbocycles. The highest BCUT2D eigenvalue weighted by Gasteiger charge is 2.52. The third-order valence-electron chi connectivity index (χ3n) is 4.94. The lowest BCUT2D eigenvalue weighted by Gasteiger charge is -2.53. The highest BCUT2D eigenvalue weighted by molar-refractivity contribution is 5.74. The van der Waals surface area contributed by atoms with E-state index in [9.17, 15) is 4.79 Å². The van der Waals surface area contributed by atoms with Crippen LogP contribution in [0.25, 0.3) is 0 Å². The smallest absolute Gasteiger partial charge is 0.309 e. The van der Waals surface area contributed by atoms with Gasteiger partial charge in [0.15, 0.2) is 0 Å². The lowest BCUT2D eigenvalue weighted by molar-refractivity contribution is -0.154. The molecule has 3 aliphatic carbocycles. The molecule has 0 amide bonds. The number of carbonyl (C=O) groups excluding carboxylic acids is 1. The van der Waals surface area contributed by atoms with E-state index in [0.29, 0.717) is 5.92 Å². The summed E-state index contributed by atoms with van der Waals surface area (Å²) in [6.07, 6.45) is 7.92. The standard InChI is InChI=1S/C14H22O2/c1-10(2)14-7-5-13(3,6-8-14)11(9-14)12(15)16-4/h5,7,10-11H,6,8-9H2,1-4H3. The van der Waals surface area contributed by atoms with Crippen molar-refractivity contribution in [3.8, 4) is 0 Å². The predicted octanol–water partition coefficient (Wildman–Crippen LogP) is 3.18. The monoisotopic (exact) mass is 222 g/mol. The van der Waals surface area contributed by atoms with Gasteiger partial charge in [0.1, 0.15) is 0 Å². The van der Waals surface area contributed by atoms with Crippen molar-refractivity contribution < 1.29 is 9.53 Å². The van der Waals surface area contributed by atoms with Gasteiger partial charge in [-0.15, -0.1) is 0 Å². The fourth-order valence-corrected chi connectivity index (χ4v) is 3.31. The van der Waals surface area contributed by atoms with Crippen molar-refractivity contribution in [1.29, 1.82) is 0 Å². The van der Waals surface area contributed by atoms with Gasteiger partial charge < -0.3 is 4.74 Å². The van der Waals surface area contributed by atoms with Gasteiger partial charge in [-0.3, -0.25) is 4.79 Å². The van der Waals surface area contributed by atoms with Crippen molar-refractivity contribution in [2.24, 2.45) is 22.7 Å². The van der Waals surface area contributed by atoms with Gasteiger partial charge in [0.25, 0.3) is 0 Å². The Balaban J connectivity index is 2.34. The minimum absolute atomic E-state index is 0.0309. The van der Waals surface area contributed by atoms with Crippen LogP contribution in [0.1, 0.15) is 40.0 Å². The average Bonchev–Trinajstić information content (AvgIpc) is 2.28. The number of fused-ring (bicyclic) bond motifs is 2. The Labute approximate surface area is 98.1 Å². The second-order valence-corrected chi connectivity index (χ2v) is 6.01. The van der Waals surface area contributed by atoms with E-state index in [1.165, 1.54) is 13.5 Å². The molecule has 3 aliphatic rings. The van der Waals surface area contributed by atoms with Gasteiger partial charge in [-0.25, -0.2) is 0 Å². The van der Waals surface area contributed by atoms with Gasteiger partial charge in [-0.1, -0.05) is 32.9 Å². The molecule has 90 valence electrons. The zero-order chi connectivity index (χ0) is 12.0. The number of hydrogen-bond donors (Lipinski definition) is 0. The summed E-state index contributed by atoms with van der Waals surface area (Å²) in [5, 5.41) is 0. The zero-order valence-electron chi connectivity index (χ0n) is 10.7. The van der Waals surface area contributed by atoms with Gasteiger partial charge >= 0.3 is 5.97 Å². The maximum absolute atomic E-state index is 11.9. The fourth-order valence-electron chi connectivity index (χ4n) is 3.31. The van der Waals surface area contributed by atoms with Gasteiger partial charge in [0.05, 0.1) is 13.0 Å². The van der Waals surface area contributed by atoms with E-state index in [4.69, 9.17) is 4.74 Å². The van der Waals surface area contributed by atoms with Crippen LogP contribution in [0.2, 0.25) is 0 Å². The molecule has 0 aromatic rings. The van der Waals surface area contributed by atoms with Crippen LogP contribution in [0.15, 0.2) is 12.2 Å². The van der Waals surface area contributed by atoms with E-state index in [2.05, 4.69) is 32.9 Å². The second kappa shape index (κ2) is 3.61. The normalized spacial score (nSPS) is 41.4. The van der Waals surface area contributed by atoms with Crippen molar-refractivity contribution in [1.82, 2.24) is 0 Å². The Bertz CT molecular complexity index is 332. The molecule has 0 radical (unpaired) electrons. The van der Waals surface area contributed by atoms with E-state index in [0.717, 1.165) is 12.8 Å². The molecule has 2 heteroatoms. The van der Waals surface area contributed by atoms with Crippen molar-refractivity contribution in [3.05, 3.63) is 12.2 Å². The van der Waals surface area contributed by atoms with Gasteiger partial charge in [-0.2, -0.15) is 0 Å². The molecule has 1 saturated carbocycles. The molecule has 2 bridgehead atoms. The predicted molar refractivity (Wildman–Crippen MR) is 63.9 cm³/mol. The van der Waals surface area contributed by atoms with Crippen LogP contribution in [0.5, 0.6) is 0 Å². The molecule has 2 nitrogen and oxygen atoms in total.